The third kappa shape index (κ3) is 4.78. The Hall–Kier alpha value is -3.11. The van der Waals surface area contributed by atoms with Gasteiger partial charge in [-0.25, -0.2) is 0 Å². The average Bonchev–Trinajstić information content (AvgIpc) is 2.69. The van der Waals surface area contributed by atoms with Crippen LogP contribution in [0.5, 0.6) is 5.75 Å². The predicted octanol–water partition coefficient (Wildman–Crippen LogP) is 5.23. The molecule has 0 amide bonds. The first-order chi connectivity index (χ1) is 13.4. The number of carboxylic acid groups (broad SMARTS) is 1. The number of ketones is 1. The lowest BCUT2D eigenvalue weighted by Gasteiger charge is -2.13. The van der Waals surface area contributed by atoms with Crippen LogP contribution < -0.4 is 0 Å². The summed E-state index contributed by atoms with van der Waals surface area (Å²) < 4.78 is 0. The summed E-state index contributed by atoms with van der Waals surface area (Å²) in [6.07, 6.45) is -0.0411. The van der Waals surface area contributed by atoms with Crippen LogP contribution in [0.3, 0.4) is 0 Å². The van der Waals surface area contributed by atoms with Crippen LogP contribution in [0, 0.1) is 5.92 Å². The molecule has 28 heavy (non-hydrogen) atoms. The predicted molar refractivity (Wildman–Crippen MR) is 109 cm³/mol. The van der Waals surface area contributed by atoms with Crippen molar-refractivity contribution in [1.29, 1.82) is 0 Å². The molecule has 3 aromatic rings. The first-order valence-electron chi connectivity index (χ1n) is 8.83. The van der Waals surface area contributed by atoms with Gasteiger partial charge < -0.3 is 10.2 Å². The molecule has 0 bridgehead atoms. The molecular formula is C23H19ClO4. The van der Waals surface area contributed by atoms with E-state index >= 15 is 0 Å². The number of rotatable bonds is 7. The maximum atomic E-state index is 12.6. The van der Waals surface area contributed by atoms with Crippen LogP contribution in [0.1, 0.15) is 22.3 Å². The molecule has 1 unspecified atom stereocenters. The Morgan fingerprint density at radius 3 is 2.00 bits per heavy atom. The molecule has 3 aromatic carbocycles. The number of carboxylic acids is 1. The second-order valence-corrected chi connectivity index (χ2v) is 7.02. The minimum absolute atomic E-state index is 0.0357. The number of Topliss-reactive ketones (excluding diaryl/α,β-unsaturated/α-hetero) is 1. The molecule has 0 heterocycles. The van der Waals surface area contributed by atoms with E-state index in [1.54, 1.807) is 42.5 Å². The smallest absolute Gasteiger partial charge is 0.307 e. The van der Waals surface area contributed by atoms with E-state index in [0.29, 0.717) is 16.1 Å². The summed E-state index contributed by atoms with van der Waals surface area (Å²) in [5.74, 6) is -2.18. The highest BCUT2D eigenvalue weighted by molar-refractivity contribution is 6.30. The zero-order valence-electron chi connectivity index (χ0n) is 15.0. The molecule has 0 aliphatic heterocycles. The quantitative estimate of drug-likeness (QED) is 0.538. The number of carbonyl (C=O) groups is 2. The van der Waals surface area contributed by atoms with Gasteiger partial charge in [-0.1, -0.05) is 66.2 Å². The Balaban J connectivity index is 1.72. The van der Waals surface area contributed by atoms with Crippen molar-refractivity contribution < 1.29 is 19.8 Å². The third-order valence-corrected chi connectivity index (χ3v) is 4.88. The fourth-order valence-electron chi connectivity index (χ4n) is 3.03. The standard InChI is InChI=1S/C23H19ClO4/c24-20-11-9-16(10-12-20)15-5-7-17(8-6-15)22(26)14-19(23(27)28)13-18-3-1-2-4-21(18)25/h1-12,19,25H,13-14H2,(H,27,28). The van der Waals surface area contributed by atoms with Crippen molar-refractivity contribution in [3.05, 3.63) is 88.9 Å². The number of aliphatic carboxylic acids is 1. The van der Waals surface area contributed by atoms with E-state index in [-0.39, 0.29) is 24.4 Å². The molecule has 0 saturated carbocycles. The number of carbonyl (C=O) groups excluding carboxylic acids is 1. The summed E-state index contributed by atoms with van der Waals surface area (Å²) in [6, 6.07) is 21.0. The number of aromatic hydroxyl groups is 1. The van der Waals surface area contributed by atoms with Crippen LogP contribution in [0.2, 0.25) is 5.02 Å². The number of hydrogen-bond donors (Lipinski definition) is 2. The van der Waals surface area contributed by atoms with Crippen molar-refractivity contribution in [1.82, 2.24) is 0 Å². The number of hydrogen-bond acceptors (Lipinski definition) is 3. The summed E-state index contributed by atoms with van der Waals surface area (Å²) in [5.41, 5.74) is 2.89. The molecule has 142 valence electrons. The molecule has 3 rings (SSSR count). The summed E-state index contributed by atoms with van der Waals surface area (Å²) in [6.45, 7) is 0. The Kier molecular flexibility index (Phi) is 6.12. The molecule has 0 spiro atoms. The molecule has 0 saturated heterocycles. The van der Waals surface area contributed by atoms with Crippen LogP contribution in [0.4, 0.5) is 0 Å². The van der Waals surface area contributed by atoms with Crippen LogP contribution in [0.25, 0.3) is 11.1 Å². The minimum atomic E-state index is -1.06. The lowest BCUT2D eigenvalue weighted by molar-refractivity contribution is -0.141. The van der Waals surface area contributed by atoms with Gasteiger partial charge in [0.25, 0.3) is 0 Å². The summed E-state index contributed by atoms with van der Waals surface area (Å²) in [5, 5.41) is 20.0. The van der Waals surface area contributed by atoms with Crippen molar-refractivity contribution >= 4 is 23.4 Å². The molecular weight excluding hydrogens is 376 g/mol. The second-order valence-electron chi connectivity index (χ2n) is 6.58. The van der Waals surface area contributed by atoms with Crippen molar-refractivity contribution in [3.63, 3.8) is 0 Å². The maximum absolute atomic E-state index is 12.6. The van der Waals surface area contributed by atoms with Gasteiger partial charge in [0.2, 0.25) is 0 Å². The van der Waals surface area contributed by atoms with E-state index < -0.39 is 11.9 Å². The van der Waals surface area contributed by atoms with Gasteiger partial charge in [0, 0.05) is 17.0 Å². The van der Waals surface area contributed by atoms with E-state index in [0.717, 1.165) is 11.1 Å². The molecule has 0 fully saturated rings. The zero-order valence-corrected chi connectivity index (χ0v) is 15.8. The topological polar surface area (TPSA) is 74.6 Å². The van der Waals surface area contributed by atoms with Crippen molar-refractivity contribution in [3.8, 4) is 16.9 Å². The van der Waals surface area contributed by atoms with Gasteiger partial charge >= 0.3 is 5.97 Å². The van der Waals surface area contributed by atoms with E-state index in [9.17, 15) is 19.8 Å². The van der Waals surface area contributed by atoms with Crippen LogP contribution >= 0.6 is 11.6 Å². The first-order valence-corrected chi connectivity index (χ1v) is 9.20. The molecule has 2 N–H and O–H groups in total. The fraction of sp³-hybridized carbons (Fsp3) is 0.130. The Labute approximate surface area is 168 Å². The van der Waals surface area contributed by atoms with Gasteiger partial charge in [-0.15, -0.1) is 0 Å². The molecule has 0 radical (unpaired) electrons. The van der Waals surface area contributed by atoms with Crippen molar-refractivity contribution in [2.45, 2.75) is 12.8 Å². The molecule has 1 atom stereocenters. The van der Waals surface area contributed by atoms with Crippen molar-refractivity contribution in [2.24, 2.45) is 5.92 Å². The lowest BCUT2D eigenvalue weighted by atomic mass is 9.91. The van der Waals surface area contributed by atoms with Gasteiger partial charge in [-0.05, 0) is 41.3 Å². The average molecular weight is 395 g/mol. The summed E-state index contributed by atoms with van der Waals surface area (Å²) in [7, 11) is 0. The Morgan fingerprint density at radius 2 is 1.43 bits per heavy atom. The maximum Gasteiger partial charge on any atom is 0.307 e. The monoisotopic (exact) mass is 394 g/mol. The van der Waals surface area contributed by atoms with Gasteiger partial charge in [-0.3, -0.25) is 9.59 Å². The Morgan fingerprint density at radius 1 is 0.857 bits per heavy atom. The number of phenols is 1. The van der Waals surface area contributed by atoms with Crippen molar-refractivity contribution in [2.75, 3.05) is 0 Å². The van der Waals surface area contributed by atoms with Gasteiger partial charge in [0.15, 0.2) is 5.78 Å². The number of benzene rings is 3. The second kappa shape index (κ2) is 8.72. The van der Waals surface area contributed by atoms with Crippen LogP contribution in [0.15, 0.2) is 72.8 Å². The van der Waals surface area contributed by atoms with E-state index in [1.165, 1.54) is 6.07 Å². The molecule has 0 aliphatic carbocycles. The normalized spacial score (nSPS) is 11.8. The third-order valence-electron chi connectivity index (χ3n) is 4.62. The van der Waals surface area contributed by atoms with E-state index in [4.69, 9.17) is 11.6 Å². The number of phenolic OH excluding ortho intramolecular Hbond substituents is 1. The first kappa shape index (κ1) is 19.6. The van der Waals surface area contributed by atoms with Gasteiger partial charge in [0.05, 0.1) is 5.92 Å². The van der Waals surface area contributed by atoms with Gasteiger partial charge in [0.1, 0.15) is 5.75 Å². The molecule has 0 aliphatic rings. The largest absolute Gasteiger partial charge is 0.508 e. The number of para-hydroxylation sites is 1. The minimum Gasteiger partial charge on any atom is -0.508 e. The number of halogens is 1. The Bertz CT molecular complexity index is 978. The highest BCUT2D eigenvalue weighted by atomic mass is 35.5. The summed E-state index contributed by atoms with van der Waals surface area (Å²) >= 11 is 5.90. The SMILES string of the molecule is O=C(CC(Cc1ccccc1O)C(=O)O)c1ccc(-c2ccc(Cl)cc2)cc1. The highest BCUT2D eigenvalue weighted by Gasteiger charge is 2.23. The zero-order chi connectivity index (χ0) is 20.1. The lowest BCUT2D eigenvalue weighted by Crippen LogP contribution is -2.20. The van der Waals surface area contributed by atoms with E-state index in [2.05, 4.69) is 0 Å². The van der Waals surface area contributed by atoms with Crippen LogP contribution in [-0.4, -0.2) is 22.0 Å². The van der Waals surface area contributed by atoms with Gasteiger partial charge in [-0.2, -0.15) is 0 Å². The van der Waals surface area contributed by atoms with Crippen LogP contribution in [-0.2, 0) is 11.2 Å². The molecule has 4 nitrogen and oxygen atoms in total. The molecule has 0 aromatic heterocycles. The fourth-order valence-corrected chi connectivity index (χ4v) is 3.15. The highest BCUT2D eigenvalue weighted by Crippen LogP contribution is 2.25. The van der Waals surface area contributed by atoms with E-state index in [1.807, 2.05) is 24.3 Å². The molecule has 5 heteroatoms. The summed E-state index contributed by atoms with van der Waals surface area (Å²) in [4.78, 5) is 24.2.